The Morgan fingerprint density at radius 3 is 2.00 bits per heavy atom. The van der Waals surface area contributed by atoms with Crippen LogP contribution in [0.1, 0.15) is 17.0 Å². The molecule has 11 heteroatoms. The third-order valence-corrected chi connectivity index (χ3v) is 7.21. The molecule has 176 valence electrons. The van der Waals surface area contributed by atoms with Gasteiger partial charge in [0, 0.05) is 11.7 Å². The van der Waals surface area contributed by atoms with E-state index in [1.807, 2.05) is 48.5 Å². The Morgan fingerprint density at radius 2 is 1.47 bits per heavy atom. The number of amides is 1. The molecule has 0 spiro atoms. The molecule has 2 unspecified atom stereocenters. The summed E-state index contributed by atoms with van der Waals surface area (Å²) in [6.45, 7) is 0.0766. The Labute approximate surface area is 186 Å². The van der Waals surface area contributed by atoms with E-state index in [0.29, 0.717) is 0 Å². The zero-order valence-electron chi connectivity index (χ0n) is 16.6. The summed E-state index contributed by atoms with van der Waals surface area (Å²) in [4.78, 5) is 34.3. The molecule has 3 rings (SSSR count). The Balaban J connectivity index is 0.00000363. The molecule has 8 nitrogen and oxygen atoms in total. The Kier molecular flexibility index (Phi) is 8.51. The van der Waals surface area contributed by atoms with Gasteiger partial charge in [-0.15, -0.1) is 0 Å². The van der Waals surface area contributed by atoms with E-state index < -0.39 is 30.1 Å². The van der Waals surface area contributed by atoms with Crippen molar-refractivity contribution in [2.75, 3.05) is 18.1 Å². The summed E-state index contributed by atoms with van der Waals surface area (Å²) in [6, 6.07) is 13.3. The Bertz CT molecular complexity index is 931. The van der Waals surface area contributed by atoms with Crippen molar-refractivity contribution in [2.24, 2.45) is 0 Å². The van der Waals surface area contributed by atoms with Crippen LogP contribution in [0, 0.1) is 0 Å². The summed E-state index contributed by atoms with van der Waals surface area (Å²) in [7, 11) is 2.16. The first-order valence-corrected chi connectivity index (χ1v) is 11.9. The molecular formula is C21H21FmN2O6S2-. The number of carboxylic acids is 2. The molecule has 0 bridgehead atoms. The summed E-state index contributed by atoms with van der Waals surface area (Å²) in [6.07, 6.45) is -0.830. The summed E-state index contributed by atoms with van der Waals surface area (Å²) in [5.41, 5.74) is 11.6. The van der Waals surface area contributed by atoms with Gasteiger partial charge in [-0.2, -0.15) is 0 Å². The van der Waals surface area contributed by atoms with E-state index in [4.69, 9.17) is 15.6 Å². The molecule has 2 atom stereocenters. The number of carbonyl (C=O) groups excluding carboxylic acids is 1. The molecule has 0 heterocycles. The molecule has 0 saturated heterocycles. The second-order valence-corrected chi connectivity index (χ2v) is 9.37. The largest absolute Gasteiger partial charge is 0.665 e. The van der Waals surface area contributed by atoms with Crippen LogP contribution in [0.15, 0.2) is 48.5 Å². The van der Waals surface area contributed by atoms with Gasteiger partial charge < -0.3 is 26.0 Å². The third kappa shape index (κ3) is 5.71. The minimum absolute atomic E-state index is 0. The first kappa shape index (κ1) is 24.6. The van der Waals surface area contributed by atoms with Crippen molar-refractivity contribution in [3.05, 3.63) is 65.4 Å². The molecular weight excluding hydrogens is 697 g/mol. The maximum atomic E-state index is 12.2. The Morgan fingerprint density at radius 1 is 0.938 bits per heavy atom. The Hall–Kier alpha value is -3.69. The minimum Gasteiger partial charge on any atom is -0.665 e. The maximum Gasteiger partial charge on any atom is 0.407 e. The van der Waals surface area contributed by atoms with Gasteiger partial charge >= 0.3 is 12.1 Å². The predicted octanol–water partition coefficient (Wildman–Crippen LogP) is 3.87. The number of ether oxygens (including phenoxy) is 1. The molecule has 32 heavy (non-hydrogen) atoms. The minimum atomic E-state index is -1.28. The van der Waals surface area contributed by atoms with Crippen LogP contribution in [-0.4, -0.2) is 58.4 Å². The third-order valence-electron chi connectivity index (χ3n) is 4.78. The van der Waals surface area contributed by atoms with Crippen molar-refractivity contribution in [2.45, 2.75) is 18.0 Å². The number of carbonyl (C=O) groups is 3. The van der Waals surface area contributed by atoms with Crippen LogP contribution in [0.4, 0.5) is 4.79 Å². The quantitative estimate of drug-likeness (QED) is 0.249. The predicted molar refractivity (Wildman–Crippen MR) is 120 cm³/mol. The van der Waals surface area contributed by atoms with Crippen LogP contribution in [0.25, 0.3) is 16.9 Å². The summed E-state index contributed by atoms with van der Waals surface area (Å²) >= 11 is 0. The van der Waals surface area contributed by atoms with Gasteiger partial charge in [-0.3, -0.25) is 4.79 Å². The first-order valence-electron chi connectivity index (χ1n) is 9.41. The molecule has 1 amide bonds. The van der Waals surface area contributed by atoms with E-state index in [2.05, 4.69) is 5.32 Å². The van der Waals surface area contributed by atoms with Crippen molar-refractivity contribution in [3.63, 3.8) is 0 Å². The summed E-state index contributed by atoms with van der Waals surface area (Å²) < 4.78 is 5.36. The van der Waals surface area contributed by atoms with Crippen molar-refractivity contribution in [1.82, 2.24) is 5.32 Å². The maximum absolute atomic E-state index is 12.2. The normalized spacial score (nSPS) is 13.8. The number of nitrogens with one attached hydrogen (secondary N) is 2. The van der Waals surface area contributed by atoms with E-state index in [-0.39, 0.29) is 24.0 Å². The number of hydrogen-bond donors (Lipinski definition) is 3. The van der Waals surface area contributed by atoms with E-state index >= 15 is 0 Å². The van der Waals surface area contributed by atoms with Gasteiger partial charge in [-0.25, -0.2) is 9.59 Å². The number of rotatable bonds is 10. The van der Waals surface area contributed by atoms with Gasteiger partial charge in [0.05, 0.1) is 0 Å². The molecule has 0 aliphatic heterocycles. The zero-order valence-corrected chi connectivity index (χ0v) is 20.6. The SMILES string of the molecule is [Fm].[NH-]C(CSSCC(NC(=O)OCC1c2ccccc2-c2ccccc21)C(=O)O)C(=O)O. The number of hydrogen-bond acceptors (Lipinski definition) is 6. The molecule has 0 radical (unpaired) electrons. The standard InChI is InChI=1S/C21H21N2O6S2.Fm/c22-17(19(24)25)10-30-31-11-18(20(26)27)23-21(28)29-9-16-14-7-3-1-5-12(14)13-6-2-4-8-15(13)16;/h1-8,16-18,22H,9-11H2,(H,23,28)(H,24,25)(H,26,27);/q-1;. The van der Waals surface area contributed by atoms with E-state index in [1.54, 1.807) is 0 Å². The number of aliphatic carboxylic acids is 2. The fourth-order valence-electron chi connectivity index (χ4n) is 3.26. The van der Waals surface area contributed by atoms with Crippen LogP contribution in [0.2, 0.25) is 0 Å². The van der Waals surface area contributed by atoms with Gasteiger partial charge in [-0.05, 0) is 34.0 Å². The number of fused-ring (bicyclic) bond motifs is 3. The molecule has 2 aromatic carbocycles. The summed E-state index contributed by atoms with van der Waals surface area (Å²) in [5, 5.41) is 20.4. The smallest absolute Gasteiger partial charge is 0.407 e. The molecule has 1 aliphatic carbocycles. The number of alkyl carbamates (subject to hydrolysis) is 1. The van der Waals surface area contributed by atoms with Crippen molar-refractivity contribution < 1.29 is 29.3 Å². The fraction of sp³-hybridized carbons (Fsp3) is 0.286. The van der Waals surface area contributed by atoms with Crippen LogP contribution in [-0.2, 0) is 14.3 Å². The second kappa shape index (κ2) is 11.1. The van der Waals surface area contributed by atoms with Crippen molar-refractivity contribution >= 4 is 39.6 Å². The fourth-order valence-corrected chi connectivity index (χ4v) is 5.49. The topological polar surface area (TPSA) is 137 Å². The van der Waals surface area contributed by atoms with Crippen molar-refractivity contribution in [3.8, 4) is 11.1 Å². The van der Waals surface area contributed by atoms with Crippen LogP contribution in [0.5, 0.6) is 0 Å². The number of carboxylic acid groups (broad SMARTS) is 2. The van der Waals surface area contributed by atoms with Crippen LogP contribution in [0.3, 0.4) is 0 Å². The van der Waals surface area contributed by atoms with E-state index in [1.165, 1.54) is 0 Å². The van der Waals surface area contributed by atoms with Gasteiger partial charge in [-0.1, -0.05) is 70.1 Å². The zero-order chi connectivity index (χ0) is 22.4. The van der Waals surface area contributed by atoms with Gasteiger partial charge in [0.25, 0.3) is 5.97 Å². The van der Waals surface area contributed by atoms with Gasteiger partial charge in [0.1, 0.15) is 12.6 Å². The average Bonchev–Trinajstić information content (AvgIpc) is 3.07. The van der Waals surface area contributed by atoms with E-state index in [9.17, 15) is 19.5 Å². The van der Waals surface area contributed by atoms with Crippen LogP contribution >= 0.6 is 21.6 Å². The van der Waals surface area contributed by atoms with Gasteiger partial charge in [0.2, 0.25) is 0 Å². The molecule has 0 fully saturated rings. The number of benzene rings is 2. The molecule has 1 aliphatic rings. The summed E-state index contributed by atoms with van der Waals surface area (Å²) in [5.74, 6) is -2.56. The second-order valence-electron chi connectivity index (χ2n) is 6.82. The average molecular weight is 719 g/mol. The molecule has 4 N–H and O–H groups in total. The molecule has 0 aromatic heterocycles. The molecule has 2 aromatic rings. The van der Waals surface area contributed by atoms with E-state index in [0.717, 1.165) is 43.8 Å². The molecule has 0 saturated carbocycles. The monoisotopic (exact) mass is 718 g/mol. The first-order chi connectivity index (χ1) is 14.9. The van der Waals surface area contributed by atoms with Crippen molar-refractivity contribution in [1.29, 1.82) is 0 Å². The van der Waals surface area contributed by atoms with Gasteiger partial charge in [0.15, 0.2) is 0 Å². The van der Waals surface area contributed by atoms with Crippen LogP contribution < -0.4 is 5.32 Å².